The van der Waals surface area contributed by atoms with Crippen molar-refractivity contribution in [3.63, 3.8) is 0 Å². The van der Waals surface area contributed by atoms with E-state index in [0.717, 1.165) is 49.5 Å². The molecule has 0 amide bonds. The molecule has 0 bridgehead atoms. The highest BCUT2D eigenvalue weighted by Crippen LogP contribution is 2.36. The highest BCUT2D eigenvalue weighted by atomic mass is 19.2. The molecule has 4 heterocycles. The van der Waals surface area contributed by atoms with Crippen molar-refractivity contribution in [3.8, 4) is 11.8 Å². The van der Waals surface area contributed by atoms with E-state index in [2.05, 4.69) is 11.8 Å². The Morgan fingerprint density at radius 3 is 2.78 bits per heavy atom. The van der Waals surface area contributed by atoms with Gasteiger partial charge < -0.3 is 22.0 Å². The van der Waals surface area contributed by atoms with E-state index in [9.17, 15) is 4.79 Å². The number of aromatic nitrogens is 1. The largest absolute Gasteiger partial charge is 0.737 e. The molecule has 0 saturated carbocycles. The van der Waals surface area contributed by atoms with E-state index in [1.165, 1.54) is 0 Å². The minimum Gasteiger partial charge on any atom is -0.422 e. The summed E-state index contributed by atoms with van der Waals surface area (Å²) < 4.78 is 39.4. The second-order valence-electron chi connectivity index (χ2n) is 9.54. The van der Waals surface area contributed by atoms with Gasteiger partial charge in [0.05, 0.1) is 5.56 Å². The van der Waals surface area contributed by atoms with E-state index in [4.69, 9.17) is 4.42 Å². The van der Waals surface area contributed by atoms with Gasteiger partial charge in [-0.25, -0.2) is 4.79 Å². The van der Waals surface area contributed by atoms with Gasteiger partial charge in [-0.2, -0.15) is 0 Å². The average molecular weight is 480 g/mol. The first-order chi connectivity index (χ1) is 17.2. The molecule has 0 saturated heterocycles. The fourth-order valence-electron chi connectivity index (χ4n) is 5.38. The molecule has 0 spiro atoms. The van der Waals surface area contributed by atoms with Crippen LogP contribution in [0, 0.1) is 25.7 Å². The van der Waals surface area contributed by atoms with Crippen LogP contribution in [-0.2, 0) is 6.42 Å². The van der Waals surface area contributed by atoms with E-state index in [1.54, 1.807) is 43.4 Å². The number of rotatable bonds is 2. The minimum absolute atomic E-state index is 0.303. The summed E-state index contributed by atoms with van der Waals surface area (Å²) >= 11 is 0. The van der Waals surface area contributed by atoms with Gasteiger partial charge in [0.15, 0.2) is 11.4 Å². The van der Waals surface area contributed by atoms with Gasteiger partial charge in [-0.1, -0.05) is 17.9 Å². The van der Waals surface area contributed by atoms with E-state index < -0.39 is 12.6 Å². The summed E-state index contributed by atoms with van der Waals surface area (Å²) in [6, 6.07) is 7.33. The fourth-order valence-corrected chi connectivity index (χ4v) is 5.38. The third-order valence-corrected chi connectivity index (χ3v) is 7.08. The monoisotopic (exact) mass is 480 g/mol. The standard InChI is InChI=1S/C29H23BF2N2O2/c1-18-12-20(3)33-26(18)17-27-19(2)13-25(34(27)30(33,31)32)11-10-23-15-24-14-21-8-6-4-5-7-9-22(21)16-28(24)36-29(23)35/h4-5,10-17H,6,8H2,1-3H3/b5-4-,11-10+. The highest BCUT2D eigenvalue weighted by molar-refractivity contribution is 6.58. The Kier molecular flexibility index (Phi) is 4.91. The Morgan fingerprint density at radius 2 is 1.94 bits per heavy atom. The zero-order valence-corrected chi connectivity index (χ0v) is 20.2. The topological polar surface area (TPSA) is 38.1 Å². The molecule has 36 heavy (non-hydrogen) atoms. The Morgan fingerprint density at radius 1 is 1.11 bits per heavy atom. The summed E-state index contributed by atoms with van der Waals surface area (Å²) in [6.45, 7) is 1.28. The maximum Gasteiger partial charge on any atom is 0.737 e. The molecule has 2 aliphatic heterocycles. The molecule has 0 radical (unpaired) electrons. The quantitative estimate of drug-likeness (QED) is 0.266. The smallest absolute Gasteiger partial charge is 0.422 e. The Hall–Kier alpha value is -4.18. The average Bonchev–Trinajstić information content (AvgIpc) is 3.29. The second kappa shape index (κ2) is 7.92. The lowest BCUT2D eigenvalue weighted by molar-refractivity contribution is -0.361. The van der Waals surface area contributed by atoms with Crippen molar-refractivity contribution >= 4 is 35.8 Å². The molecule has 0 fully saturated rings. The van der Waals surface area contributed by atoms with Crippen LogP contribution in [0.15, 0.2) is 69.1 Å². The second-order valence-corrected chi connectivity index (χ2v) is 9.54. The van der Waals surface area contributed by atoms with Crippen LogP contribution in [0.1, 0.15) is 47.0 Å². The zero-order valence-electron chi connectivity index (χ0n) is 20.2. The van der Waals surface area contributed by atoms with Crippen LogP contribution < -0.4 is 5.63 Å². The lowest BCUT2D eigenvalue weighted by Gasteiger charge is -2.30. The number of allylic oxidation sites excluding steroid dienone is 5. The highest BCUT2D eigenvalue weighted by Gasteiger charge is 2.53. The molecule has 1 aromatic carbocycles. The van der Waals surface area contributed by atoms with Crippen LogP contribution in [0.25, 0.3) is 23.1 Å². The number of benzene rings is 1. The predicted octanol–water partition coefficient (Wildman–Crippen LogP) is 5.77. The van der Waals surface area contributed by atoms with Gasteiger partial charge in [0.1, 0.15) is 5.58 Å². The van der Waals surface area contributed by atoms with Gasteiger partial charge in [-0.05, 0) is 86.9 Å². The molecule has 3 aromatic rings. The van der Waals surface area contributed by atoms with Crippen LogP contribution >= 0.6 is 0 Å². The fraction of sp³-hybridized carbons (Fsp3) is 0.172. The van der Waals surface area contributed by atoms with Crippen molar-refractivity contribution < 1.29 is 17.5 Å². The SMILES string of the molecule is CC1=CC(/C=C/c2cc3cc4c(cc3oc2=O)C#C/C=C\CC4)=[N+]2C1=Cc1c(C)cc(C)n1[B-]2(F)F. The normalized spacial score (nSPS) is 18.6. The molecule has 0 unspecified atom stereocenters. The number of nitrogens with zero attached hydrogens (tertiary/aromatic N) is 2. The van der Waals surface area contributed by atoms with Crippen molar-refractivity contribution in [2.75, 3.05) is 0 Å². The van der Waals surface area contributed by atoms with E-state index in [1.807, 2.05) is 38.1 Å². The molecule has 2 aromatic heterocycles. The van der Waals surface area contributed by atoms with Gasteiger partial charge >= 0.3 is 12.6 Å². The molecule has 178 valence electrons. The Bertz CT molecular complexity index is 1770. The van der Waals surface area contributed by atoms with E-state index in [0.29, 0.717) is 33.9 Å². The summed E-state index contributed by atoms with van der Waals surface area (Å²) in [5, 5.41) is 0.777. The molecule has 1 aliphatic carbocycles. The molecule has 0 atom stereocenters. The zero-order chi connectivity index (χ0) is 25.2. The first kappa shape index (κ1) is 22.3. The summed E-state index contributed by atoms with van der Waals surface area (Å²) in [7, 11) is 0. The van der Waals surface area contributed by atoms with E-state index >= 15 is 8.63 Å². The van der Waals surface area contributed by atoms with Gasteiger partial charge in [-0.15, -0.1) is 0 Å². The van der Waals surface area contributed by atoms with E-state index in [-0.39, 0.29) is 0 Å². The Labute approximate surface area is 207 Å². The number of hydrogen-bond acceptors (Lipinski definition) is 2. The maximum absolute atomic E-state index is 15.8. The molecule has 6 rings (SSSR count). The maximum atomic E-state index is 15.8. The molecular formula is C29H23BF2N2O2. The van der Waals surface area contributed by atoms with Crippen LogP contribution in [-0.4, -0.2) is 21.6 Å². The lowest BCUT2D eigenvalue weighted by Crippen LogP contribution is -2.50. The first-order valence-corrected chi connectivity index (χ1v) is 12.0. The van der Waals surface area contributed by atoms with Crippen molar-refractivity contribution in [1.82, 2.24) is 4.48 Å². The molecular weight excluding hydrogens is 457 g/mol. The van der Waals surface area contributed by atoms with Crippen molar-refractivity contribution in [2.45, 2.75) is 33.6 Å². The van der Waals surface area contributed by atoms with Gasteiger partial charge in [0.25, 0.3) is 0 Å². The van der Waals surface area contributed by atoms with Crippen molar-refractivity contribution in [3.05, 3.63) is 104 Å². The number of halogens is 2. The van der Waals surface area contributed by atoms with Crippen LogP contribution in [0.3, 0.4) is 0 Å². The molecule has 4 nitrogen and oxygen atoms in total. The lowest BCUT2D eigenvalue weighted by atomic mass is 9.89. The van der Waals surface area contributed by atoms with Crippen molar-refractivity contribution in [1.29, 1.82) is 0 Å². The molecule has 3 aliphatic rings. The van der Waals surface area contributed by atoms with Crippen LogP contribution in [0.4, 0.5) is 8.63 Å². The summed E-state index contributed by atoms with van der Waals surface area (Å²) in [6.07, 6.45) is 12.3. The minimum atomic E-state index is -4.09. The first-order valence-electron chi connectivity index (χ1n) is 12.0. The number of aryl methyl sites for hydroxylation is 3. The molecule has 0 N–H and O–H groups in total. The number of hydrogen-bond donors (Lipinski definition) is 0. The van der Waals surface area contributed by atoms with Crippen LogP contribution in [0.2, 0.25) is 0 Å². The number of fused-ring (bicyclic) bond motifs is 4. The van der Waals surface area contributed by atoms with Gasteiger partial charge in [0.2, 0.25) is 0 Å². The molecule has 7 heteroatoms. The summed E-state index contributed by atoms with van der Waals surface area (Å²) in [5.74, 6) is 6.09. The van der Waals surface area contributed by atoms with Gasteiger partial charge in [0, 0.05) is 40.4 Å². The third-order valence-electron chi connectivity index (χ3n) is 7.08. The predicted molar refractivity (Wildman–Crippen MR) is 140 cm³/mol. The van der Waals surface area contributed by atoms with Crippen molar-refractivity contribution in [2.24, 2.45) is 0 Å². The Balaban J connectivity index is 1.44. The van der Waals surface area contributed by atoms with Gasteiger partial charge in [-0.3, -0.25) is 0 Å². The third kappa shape index (κ3) is 3.36. The summed E-state index contributed by atoms with van der Waals surface area (Å²) in [4.78, 5) is 12.8. The van der Waals surface area contributed by atoms with Crippen LogP contribution in [0.5, 0.6) is 0 Å². The summed E-state index contributed by atoms with van der Waals surface area (Å²) in [5.41, 5.74) is 5.61.